The van der Waals surface area contributed by atoms with E-state index < -0.39 is 0 Å². The van der Waals surface area contributed by atoms with Crippen molar-refractivity contribution in [2.75, 3.05) is 19.6 Å². The van der Waals surface area contributed by atoms with E-state index in [0.29, 0.717) is 0 Å². The normalized spacial score (nSPS) is 20.0. The molecule has 0 radical (unpaired) electrons. The summed E-state index contributed by atoms with van der Waals surface area (Å²) >= 11 is 0. The Kier molecular flexibility index (Phi) is 6.31. The summed E-state index contributed by atoms with van der Waals surface area (Å²) in [6.07, 6.45) is 8.59. The fraction of sp³-hybridized carbons (Fsp3) is 1.00. The molecule has 1 fully saturated rings. The van der Waals surface area contributed by atoms with Crippen molar-refractivity contribution in [3.63, 3.8) is 0 Å². The molecular formula is C14H29N. The van der Waals surface area contributed by atoms with Gasteiger partial charge in [0.2, 0.25) is 0 Å². The smallest absolute Gasteiger partial charge is 0.00161 e. The molecule has 0 bridgehead atoms. The Hall–Kier alpha value is -0.0400. The minimum atomic E-state index is 1.03. The summed E-state index contributed by atoms with van der Waals surface area (Å²) in [5.74, 6) is 2.06. The molecule has 0 aliphatic carbocycles. The van der Waals surface area contributed by atoms with E-state index in [1.165, 1.54) is 58.2 Å². The quantitative estimate of drug-likeness (QED) is 0.643. The van der Waals surface area contributed by atoms with Crippen LogP contribution in [0.2, 0.25) is 0 Å². The van der Waals surface area contributed by atoms with Crippen LogP contribution in [0.15, 0.2) is 0 Å². The second-order valence-corrected chi connectivity index (χ2v) is 5.11. The summed E-state index contributed by atoms with van der Waals surface area (Å²) in [4.78, 5) is 2.60. The van der Waals surface area contributed by atoms with Crippen LogP contribution in [0.3, 0.4) is 0 Å². The van der Waals surface area contributed by atoms with E-state index >= 15 is 0 Å². The zero-order valence-electron chi connectivity index (χ0n) is 11.0. The maximum Gasteiger partial charge on any atom is -0.00161 e. The van der Waals surface area contributed by atoms with E-state index in [0.717, 1.165) is 11.8 Å². The molecule has 1 aliphatic heterocycles. The summed E-state index contributed by atoms with van der Waals surface area (Å²) in [6.45, 7) is 10.9. The van der Waals surface area contributed by atoms with Gasteiger partial charge in [-0.15, -0.1) is 0 Å². The predicted octanol–water partition coefficient (Wildman–Crippen LogP) is 3.93. The highest BCUT2D eigenvalue weighted by Gasteiger charge is 2.24. The second-order valence-electron chi connectivity index (χ2n) is 5.11. The molecular weight excluding hydrogens is 182 g/mol. The van der Waals surface area contributed by atoms with Crippen LogP contribution in [0.5, 0.6) is 0 Å². The van der Waals surface area contributed by atoms with Crippen molar-refractivity contribution in [3.8, 4) is 0 Å². The van der Waals surface area contributed by atoms with E-state index in [9.17, 15) is 0 Å². The summed E-state index contributed by atoms with van der Waals surface area (Å²) in [5, 5.41) is 0. The molecule has 0 unspecified atom stereocenters. The Labute approximate surface area is 96.2 Å². The average Bonchev–Trinajstić information content (AvgIpc) is 2.29. The lowest BCUT2D eigenvalue weighted by Gasteiger charge is -2.35. The van der Waals surface area contributed by atoms with Gasteiger partial charge >= 0.3 is 0 Å². The molecule has 1 rings (SSSR count). The van der Waals surface area contributed by atoms with Gasteiger partial charge in [0.05, 0.1) is 0 Å². The maximum absolute atomic E-state index is 2.60. The van der Waals surface area contributed by atoms with Gasteiger partial charge in [-0.25, -0.2) is 0 Å². The maximum atomic E-state index is 2.60. The van der Waals surface area contributed by atoms with Gasteiger partial charge in [-0.3, -0.25) is 0 Å². The number of nitrogens with zero attached hydrogens (tertiary/aromatic N) is 1. The van der Waals surface area contributed by atoms with E-state index in [-0.39, 0.29) is 0 Å². The van der Waals surface area contributed by atoms with Crippen molar-refractivity contribution >= 4 is 0 Å². The summed E-state index contributed by atoms with van der Waals surface area (Å²) < 4.78 is 0. The highest BCUT2D eigenvalue weighted by molar-refractivity contribution is 4.77. The Morgan fingerprint density at radius 1 is 1.00 bits per heavy atom. The molecule has 0 atom stereocenters. The van der Waals surface area contributed by atoms with Gasteiger partial charge in [0, 0.05) is 0 Å². The highest BCUT2D eigenvalue weighted by atomic mass is 15.1. The average molecular weight is 211 g/mol. The van der Waals surface area contributed by atoms with Crippen LogP contribution >= 0.6 is 0 Å². The van der Waals surface area contributed by atoms with Crippen molar-refractivity contribution < 1.29 is 0 Å². The van der Waals surface area contributed by atoms with Crippen molar-refractivity contribution in [1.82, 2.24) is 4.90 Å². The van der Waals surface area contributed by atoms with E-state index in [2.05, 4.69) is 25.7 Å². The molecule has 0 amide bonds. The molecule has 0 aromatic heterocycles. The number of likely N-dealkylation sites (tertiary alicyclic amines) is 1. The third kappa shape index (κ3) is 4.14. The van der Waals surface area contributed by atoms with Crippen LogP contribution in [0.1, 0.15) is 59.3 Å². The third-order valence-electron chi connectivity index (χ3n) is 4.07. The van der Waals surface area contributed by atoms with Crippen molar-refractivity contribution in [3.05, 3.63) is 0 Å². The predicted molar refractivity (Wildman–Crippen MR) is 68.1 cm³/mol. The molecule has 1 saturated heterocycles. The Morgan fingerprint density at radius 3 is 1.93 bits per heavy atom. The van der Waals surface area contributed by atoms with Crippen molar-refractivity contribution in [2.24, 2.45) is 11.8 Å². The number of piperidine rings is 1. The number of hydrogen-bond acceptors (Lipinski definition) is 1. The van der Waals surface area contributed by atoms with Crippen molar-refractivity contribution in [1.29, 1.82) is 0 Å². The summed E-state index contributed by atoms with van der Waals surface area (Å²) in [6, 6.07) is 0. The molecule has 0 spiro atoms. The Balaban J connectivity index is 2.34. The van der Waals surface area contributed by atoms with Crippen LogP contribution in [0.25, 0.3) is 0 Å². The lowest BCUT2D eigenvalue weighted by Crippen LogP contribution is -2.35. The van der Waals surface area contributed by atoms with E-state index in [4.69, 9.17) is 0 Å². The SMILES string of the molecule is CCCC(CCC)C1CCN(CC)CC1. The highest BCUT2D eigenvalue weighted by Crippen LogP contribution is 2.31. The molecule has 1 heterocycles. The van der Waals surface area contributed by atoms with Crippen LogP contribution in [0.4, 0.5) is 0 Å². The molecule has 0 aromatic rings. The van der Waals surface area contributed by atoms with E-state index in [1.54, 1.807) is 0 Å². The number of hydrogen-bond donors (Lipinski definition) is 0. The van der Waals surface area contributed by atoms with Crippen LogP contribution in [0, 0.1) is 11.8 Å². The van der Waals surface area contributed by atoms with Gasteiger partial charge in [0.1, 0.15) is 0 Å². The zero-order valence-corrected chi connectivity index (χ0v) is 11.0. The fourth-order valence-electron chi connectivity index (χ4n) is 3.10. The van der Waals surface area contributed by atoms with Gasteiger partial charge in [0.25, 0.3) is 0 Å². The lowest BCUT2D eigenvalue weighted by molar-refractivity contribution is 0.142. The van der Waals surface area contributed by atoms with Crippen LogP contribution in [-0.4, -0.2) is 24.5 Å². The monoisotopic (exact) mass is 211 g/mol. The Morgan fingerprint density at radius 2 is 1.53 bits per heavy atom. The van der Waals surface area contributed by atoms with Gasteiger partial charge in [0.15, 0.2) is 0 Å². The standard InChI is InChI=1S/C14H29N/c1-4-7-13(8-5-2)14-9-11-15(6-3)12-10-14/h13-14H,4-12H2,1-3H3. The second kappa shape index (κ2) is 7.27. The molecule has 0 saturated carbocycles. The van der Waals surface area contributed by atoms with Gasteiger partial charge in [-0.1, -0.05) is 46.5 Å². The Bertz CT molecular complexity index is 141. The minimum absolute atomic E-state index is 1.03. The van der Waals surface area contributed by atoms with Gasteiger partial charge < -0.3 is 4.90 Å². The summed E-state index contributed by atoms with van der Waals surface area (Å²) in [5.41, 5.74) is 0. The number of rotatable bonds is 6. The molecule has 0 aromatic carbocycles. The fourth-order valence-corrected chi connectivity index (χ4v) is 3.10. The topological polar surface area (TPSA) is 3.24 Å². The lowest BCUT2D eigenvalue weighted by atomic mass is 9.79. The molecule has 1 nitrogen and oxygen atoms in total. The molecule has 1 heteroatoms. The summed E-state index contributed by atoms with van der Waals surface area (Å²) in [7, 11) is 0. The first-order valence-corrected chi connectivity index (χ1v) is 7.04. The zero-order chi connectivity index (χ0) is 11.1. The molecule has 1 aliphatic rings. The largest absolute Gasteiger partial charge is 0.304 e. The van der Waals surface area contributed by atoms with Gasteiger partial charge in [-0.2, -0.15) is 0 Å². The minimum Gasteiger partial charge on any atom is -0.304 e. The van der Waals surface area contributed by atoms with Gasteiger partial charge in [-0.05, 0) is 44.3 Å². The first kappa shape index (κ1) is 13.0. The molecule has 0 N–H and O–H groups in total. The van der Waals surface area contributed by atoms with Crippen molar-refractivity contribution in [2.45, 2.75) is 59.3 Å². The molecule has 15 heavy (non-hydrogen) atoms. The van der Waals surface area contributed by atoms with E-state index in [1.807, 2.05) is 0 Å². The third-order valence-corrected chi connectivity index (χ3v) is 4.07. The molecule has 90 valence electrons. The van der Waals surface area contributed by atoms with Crippen LogP contribution < -0.4 is 0 Å². The van der Waals surface area contributed by atoms with Crippen LogP contribution in [-0.2, 0) is 0 Å². The first-order chi connectivity index (χ1) is 7.31. The first-order valence-electron chi connectivity index (χ1n) is 7.04.